The third-order valence-electron chi connectivity index (χ3n) is 6.45. The first kappa shape index (κ1) is 23.5. The first-order chi connectivity index (χ1) is 15.9. The van der Waals surface area contributed by atoms with E-state index in [1.54, 1.807) is 12.0 Å². The number of ether oxygens (including phenoxy) is 1. The second-order valence-corrected chi connectivity index (χ2v) is 9.49. The molecular formula is C26H36N4O3. The summed E-state index contributed by atoms with van der Waals surface area (Å²) in [6, 6.07) is 7.99. The fourth-order valence-electron chi connectivity index (χ4n) is 4.72. The second kappa shape index (κ2) is 10.5. The SMILES string of the molecule is COc1cccc(Cn2nc(C(=O)N3CCCC(O)C3)c3c2CCN(C/C=C/C(C)C)C3)c1. The van der Waals surface area contributed by atoms with E-state index in [1.165, 1.54) is 0 Å². The van der Waals surface area contributed by atoms with E-state index in [0.717, 1.165) is 54.9 Å². The first-order valence-electron chi connectivity index (χ1n) is 12.0. The van der Waals surface area contributed by atoms with Crippen molar-refractivity contribution in [2.75, 3.05) is 33.3 Å². The van der Waals surface area contributed by atoms with Gasteiger partial charge in [0.15, 0.2) is 5.69 Å². The first-order valence-corrected chi connectivity index (χ1v) is 12.0. The largest absolute Gasteiger partial charge is 0.497 e. The minimum Gasteiger partial charge on any atom is -0.497 e. The van der Waals surface area contributed by atoms with E-state index in [2.05, 4.69) is 37.0 Å². The molecule has 0 bridgehead atoms. The number of piperidine rings is 1. The van der Waals surface area contributed by atoms with Crippen LogP contribution in [0.1, 0.15) is 54.0 Å². The van der Waals surface area contributed by atoms with Crippen molar-refractivity contribution in [3.8, 4) is 5.75 Å². The number of benzene rings is 1. The van der Waals surface area contributed by atoms with Crippen LogP contribution in [-0.2, 0) is 19.5 Å². The summed E-state index contributed by atoms with van der Waals surface area (Å²) in [5.41, 5.74) is 3.81. The van der Waals surface area contributed by atoms with Crippen LogP contribution in [-0.4, -0.2) is 70.0 Å². The number of aliphatic hydroxyl groups is 1. The average Bonchev–Trinajstić information content (AvgIpc) is 3.16. The summed E-state index contributed by atoms with van der Waals surface area (Å²) >= 11 is 0. The van der Waals surface area contributed by atoms with E-state index >= 15 is 0 Å². The van der Waals surface area contributed by atoms with Crippen LogP contribution in [0, 0.1) is 5.92 Å². The number of nitrogens with zero attached hydrogens (tertiary/aromatic N) is 4. The van der Waals surface area contributed by atoms with Crippen molar-refractivity contribution in [2.24, 2.45) is 5.92 Å². The highest BCUT2D eigenvalue weighted by molar-refractivity contribution is 5.94. The van der Waals surface area contributed by atoms with Crippen LogP contribution in [0.3, 0.4) is 0 Å². The molecule has 1 aromatic heterocycles. The molecule has 33 heavy (non-hydrogen) atoms. The molecule has 178 valence electrons. The van der Waals surface area contributed by atoms with Gasteiger partial charge in [-0.05, 0) is 36.5 Å². The maximum absolute atomic E-state index is 13.5. The molecule has 2 aromatic rings. The van der Waals surface area contributed by atoms with Crippen molar-refractivity contribution in [1.29, 1.82) is 0 Å². The Morgan fingerprint density at radius 1 is 1.33 bits per heavy atom. The molecule has 1 atom stereocenters. The number of β-amino-alcohol motifs (C(OH)–C–C–N with tert-alkyl or cyclic N) is 1. The van der Waals surface area contributed by atoms with Crippen molar-refractivity contribution in [3.63, 3.8) is 0 Å². The van der Waals surface area contributed by atoms with Gasteiger partial charge in [-0.2, -0.15) is 5.10 Å². The summed E-state index contributed by atoms with van der Waals surface area (Å²) in [5.74, 6) is 1.28. The molecule has 0 saturated carbocycles. The lowest BCUT2D eigenvalue weighted by molar-refractivity contribution is 0.0466. The number of hydrogen-bond donors (Lipinski definition) is 1. The number of aliphatic hydroxyl groups excluding tert-OH is 1. The topological polar surface area (TPSA) is 70.8 Å². The molecular weight excluding hydrogens is 416 g/mol. The second-order valence-electron chi connectivity index (χ2n) is 9.49. The monoisotopic (exact) mass is 452 g/mol. The predicted molar refractivity (Wildman–Crippen MR) is 128 cm³/mol. The fraction of sp³-hybridized carbons (Fsp3) is 0.538. The Kier molecular flexibility index (Phi) is 7.50. The number of fused-ring (bicyclic) bond motifs is 1. The summed E-state index contributed by atoms with van der Waals surface area (Å²) < 4.78 is 7.38. The quantitative estimate of drug-likeness (QED) is 0.654. The van der Waals surface area contributed by atoms with Gasteiger partial charge in [-0.1, -0.05) is 38.1 Å². The number of allylic oxidation sites excluding steroid dienone is 1. The van der Waals surface area contributed by atoms with Gasteiger partial charge in [-0.25, -0.2) is 0 Å². The van der Waals surface area contributed by atoms with Crippen molar-refractivity contribution in [1.82, 2.24) is 19.6 Å². The number of amides is 1. The minimum absolute atomic E-state index is 0.0611. The lowest BCUT2D eigenvalue weighted by atomic mass is 10.0. The molecule has 2 aliphatic rings. The van der Waals surface area contributed by atoms with Crippen molar-refractivity contribution in [2.45, 2.75) is 52.3 Å². The Morgan fingerprint density at radius 2 is 2.18 bits per heavy atom. The number of hydrogen-bond acceptors (Lipinski definition) is 5. The fourth-order valence-corrected chi connectivity index (χ4v) is 4.72. The van der Waals surface area contributed by atoms with Gasteiger partial charge in [-0.3, -0.25) is 14.4 Å². The van der Waals surface area contributed by atoms with Crippen LogP contribution in [0.4, 0.5) is 0 Å². The molecule has 1 fully saturated rings. The third-order valence-corrected chi connectivity index (χ3v) is 6.45. The van der Waals surface area contributed by atoms with Crippen LogP contribution in [0.15, 0.2) is 36.4 Å². The normalized spacial score (nSPS) is 19.3. The van der Waals surface area contributed by atoms with Crippen LogP contribution >= 0.6 is 0 Å². The summed E-state index contributed by atoms with van der Waals surface area (Å²) in [4.78, 5) is 17.6. The van der Waals surface area contributed by atoms with Crippen LogP contribution in [0.5, 0.6) is 5.75 Å². The van der Waals surface area contributed by atoms with E-state index in [0.29, 0.717) is 37.8 Å². The zero-order chi connectivity index (χ0) is 23.4. The van der Waals surface area contributed by atoms with E-state index in [4.69, 9.17) is 9.84 Å². The maximum atomic E-state index is 13.5. The van der Waals surface area contributed by atoms with Gasteiger partial charge >= 0.3 is 0 Å². The van der Waals surface area contributed by atoms with E-state index in [1.807, 2.05) is 22.9 Å². The molecule has 4 rings (SSSR count). The number of methoxy groups -OCH3 is 1. The van der Waals surface area contributed by atoms with E-state index in [9.17, 15) is 9.90 Å². The average molecular weight is 453 g/mol. The Morgan fingerprint density at radius 3 is 2.94 bits per heavy atom. The zero-order valence-electron chi connectivity index (χ0n) is 20.0. The van der Waals surface area contributed by atoms with Gasteiger partial charge < -0.3 is 14.7 Å². The van der Waals surface area contributed by atoms with E-state index < -0.39 is 6.10 Å². The van der Waals surface area contributed by atoms with Crippen LogP contribution in [0.2, 0.25) is 0 Å². The van der Waals surface area contributed by atoms with Crippen molar-refractivity contribution in [3.05, 3.63) is 58.9 Å². The highest BCUT2D eigenvalue weighted by atomic mass is 16.5. The van der Waals surface area contributed by atoms with Crippen molar-refractivity contribution < 1.29 is 14.6 Å². The summed E-state index contributed by atoms with van der Waals surface area (Å²) in [7, 11) is 1.67. The number of carbonyl (C=O) groups is 1. The molecule has 2 aliphatic heterocycles. The summed E-state index contributed by atoms with van der Waals surface area (Å²) in [5, 5.41) is 14.9. The maximum Gasteiger partial charge on any atom is 0.274 e. The smallest absolute Gasteiger partial charge is 0.274 e. The predicted octanol–water partition coefficient (Wildman–Crippen LogP) is 3.11. The highest BCUT2D eigenvalue weighted by Gasteiger charge is 2.32. The summed E-state index contributed by atoms with van der Waals surface area (Å²) in [6.45, 7) is 8.54. The van der Waals surface area contributed by atoms with E-state index in [-0.39, 0.29) is 5.91 Å². The van der Waals surface area contributed by atoms with Crippen molar-refractivity contribution >= 4 is 5.91 Å². The molecule has 0 spiro atoms. The van der Waals surface area contributed by atoms with Gasteiger partial charge in [-0.15, -0.1) is 0 Å². The molecule has 1 saturated heterocycles. The Balaban J connectivity index is 1.62. The van der Waals surface area contributed by atoms with Gasteiger partial charge in [0, 0.05) is 50.4 Å². The minimum atomic E-state index is -0.449. The molecule has 3 heterocycles. The molecule has 1 unspecified atom stereocenters. The molecule has 7 nitrogen and oxygen atoms in total. The molecule has 7 heteroatoms. The van der Waals surface area contributed by atoms with Gasteiger partial charge in [0.2, 0.25) is 0 Å². The number of carbonyl (C=O) groups excluding carboxylic acids is 1. The highest BCUT2D eigenvalue weighted by Crippen LogP contribution is 2.26. The Hall–Kier alpha value is -2.64. The molecule has 1 aromatic carbocycles. The Labute approximate surface area is 196 Å². The number of rotatable bonds is 7. The van der Waals surface area contributed by atoms with Gasteiger partial charge in [0.1, 0.15) is 5.75 Å². The molecule has 1 amide bonds. The lowest BCUT2D eigenvalue weighted by Gasteiger charge is -2.30. The zero-order valence-corrected chi connectivity index (χ0v) is 20.0. The van der Waals surface area contributed by atoms with Crippen LogP contribution in [0.25, 0.3) is 0 Å². The number of likely N-dealkylation sites (tertiary alicyclic amines) is 1. The van der Waals surface area contributed by atoms with Gasteiger partial charge in [0.05, 0.1) is 19.8 Å². The molecule has 0 aliphatic carbocycles. The Bertz CT molecular complexity index is 997. The lowest BCUT2D eigenvalue weighted by Crippen LogP contribution is -2.43. The summed E-state index contributed by atoms with van der Waals surface area (Å²) in [6.07, 6.45) is 6.43. The molecule has 1 N–H and O–H groups in total. The standard InChI is InChI=1S/C26H36N4O3/c1-19(2)7-5-12-28-14-11-24-23(18-28)25(26(32)29-13-6-9-21(31)17-29)27-30(24)16-20-8-4-10-22(15-20)33-3/h4-5,7-8,10,15,19,21,31H,6,9,11-14,16-18H2,1-3H3/b7-5+. The molecule has 0 radical (unpaired) electrons. The third kappa shape index (κ3) is 5.65. The van der Waals surface area contributed by atoms with Gasteiger partial charge in [0.25, 0.3) is 5.91 Å². The number of aromatic nitrogens is 2. The van der Waals surface area contributed by atoms with Crippen LogP contribution < -0.4 is 4.74 Å².